The van der Waals surface area contributed by atoms with Crippen molar-refractivity contribution >= 4 is 12.1 Å². The largest absolute Gasteiger partial charge is 0.303 e. The lowest BCUT2D eigenvalue weighted by atomic mass is 9.78. The average molecular weight is 166 g/mol. The van der Waals surface area contributed by atoms with Gasteiger partial charge in [0.15, 0.2) is 0 Å². The van der Waals surface area contributed by atoms with E-state index in [1.807, 2.05) is 0 Å². The molecule has 2 fully saturated rings. The summed E-state index contributed by atoms with van der Waals surface area (Å²) >= 11 is 0. The predicted molar refractivity (Wildman–Crippen MR) is 44.6 cm³/mol. The van der Waals surface area contributed by atoms with Gasteiger partial charge in [-0.1, -0.05) is 0 Å². The van der Waals surface area contributed by atoms with E-state index < -0.39 is 0 Å². The molecular formula is C10H14O2. The number of aldehydes is 1. The number of carbonyl (C=O) groups excluding carboxylic acids is 2. The first-order valence-corrected chi connectivity index (χ1v) is 4.69. The minimum Gasteiger partial charge on any atom is -0.303 e. The van der Waals surface area contributed by atoms with E-state index in [0.717, 1.165) is 19.1 Å². The molecule has 2 heteroatoms. The maximum absolute atomic E-state index is 11.2. The summed E-state index contributed by atoms with van der Waals surface area (Å²) in [6, 6.07) is 0. The molecule has 0 saturated heterocycles. The van der Waals surface area contributed by atoms with Crippen LogP contribution >= 0.6 is 0 Å². The zero-order valence-electron chi connectivity index (χ0n) is 7.32. The highest BCUT2D eigenvalue weighted by atomic mass is 16.1. The molecule has 2 aliphatic carbocycles. The van der Waals surface area contributed by atoms with Crippen molar-refractivity contribution in [1.29, 1.82) is 0 Å². The number of fused-ring (bicyclic) bond motifs is 2. The summed E-state index contributed by atoms with van der Waals surface area (Å²) in [5, 5.41) is 0. The second kappa shape index (κ2) is 2.68. The monoisotopic (exact) mass is 166 g/mol. The van der Waals surface area contributed by atoms with E-state index in [0.29, 0.717) is 11.8 Å². The van der Waals surface area contributed by atoms with Crippen LogP contribution < -0.4 is 0 Å². The van der Waals surface area contributed by atoms with Crippen LogP contribution in [-0.4, -0.2) is 12.1 Å². The fraction of sp³-hybridized carbons (Fsp3) is 0.800. The lowest BCUT2D eigenvalue weighted by Gasteiger charge is -2.24. The Labute approximate surface area is 72.3 Å². The molecule has 12 heavy (non-hydrogen) atoms. The molecule has 0 aromatic carbocycles. The molecule has 2 rings (SSSR count). The Balaban J connectivity index is 2.21. The molecule has 66 valence electrons. The number of ketones is 1. The second-order valence-electron chi connectivity index (χ2n) is 4.18. The Morgan fingerprint density at radius 1 is 1.33 bits per heavy atom. The van der Waals surface area contributed by atoms with E-state index in [9.17, 15) is 9.59 Å². The van der Waals surface area contributed by atoms with Crippen molar-refractivity contribution in [2.45, 2.75) is 26.2 Å². The van der Waals surface area contributed by atoms with Crippen LogP contribution in [0, 0.1) is 23.7 Å². The van der Waals surface area contributed by atoms with E-state index >= 15 is 0 Å². The highest BCUT2D eigenvalue weighted by Gasteiger charge is 2.49. The molecule has 0 amide bonds. The third kappa shape index (κ3) is 0.936. The maximum Gasteiger partial charge on any atom is 0.133 e. The average Bonchev–Trinajstić information content (AvgIpc) is 2.60. The van der Waals surface area contributed by atoms with E-state index in [1.54, 1.807) is 6.92 Å². The molecule has 0 radical (unpaired) electrons. The van der Waals surface area contributed by atoms with Crippen molar-refractivity contribution in [3.8, 4) is 0 Å². The molecule has 0 spiro atoms. The van der Waals surface area contributed by atoms with Crippen molar-refractivity contribution in [3.63, 3.8) is 0 Å². The number of hydrogen-bond donors (Lipinski definition) is 0. The summed E-state index contributed by atoms with van der Waals surface area (Å²) in [5.74, 6) is 1.41. The molecule has 0 aromatic rings. The smallest absolute Gasteiger partial charge is 0.133 e. The molecule has 0 aliphatic heterocycles. The van der Waals surface area contributed by atoms with Gasteiger partial charge in [-0.3, -0.25) is 4.79 Å². The van der Waals surface area contributed by atoms with E-state index in [-0.39, 0.29) is 17.6 Å². The molecular weight excluding hydrogens is 152 g/mol. The summed E-state index contributed by atoms with van der Waals surface area (Å²) in [4.78, 5) is 22.0. The molecule has 2 bridgehead atoms. The van der Waals surface area contributed by atoms with Gasteiger partial charge in [0.2, 0.25) is 0 Å². The number of rotatable bonds is 2. The quantitative estimate of drug-likeness (QED) is 0.582. The molecule has 0 unspecified atom stereocenters. The Kier molecular flexibility index (Phi) is 1.78. The molecule has 0 heterocycles. The minimum atomic E-state index is 0.0567. The first-order valence-electron chi connectivity index (χ1n) is 4.69. The molecule has 4 atom stereocenters. The predicted octanol–water partition coefficient (Wildman–Crippen LogP) is 1.44. The van der Waals surface area contributed by atoms with Gasteiger partial charge in [-0.15, -0.1) is 0 Å². The summed E-state index contributed by atoms with van der Waals surface area (Å²) in [6.45, 7) is 1.63. The van der Waals surface area contributed by atoms with Crippen LogP contribution in [-0.2, 0) is 9.59 Å². The van der Waals surface area contributed by atoms with Gasteiger partial charge in [0.05, 0.1) is 0 Å². The third-order valence-electron chi connectivity index (χ3n) is 3.61. The zero-order chi connectivity index (χ0) is 8.72. The molecule has 2 aliphatic rings. The van der Waals surface area contributed by atoms with Gasteiger partial charge in [0.25, 0.3) is 0 Å². The van der Waals surface area contributed by atoms with Crippen molar-refractivity contribution in [1.82, 2.24) is 0 Å². The van der Waals surface area contributed by atoms with Crippen LogP contribution in [0.2, 0.25) is 0 Å². The molecule has 0 aromatic heterocycles. The Morgan fingerprint density at radius 3 is 2.50 bits per heavy atom. The van der Waals surface area contributed by atoms with Crippen LogP contribution in [0.3, 0.4) is 0 Å². The van der Waals surface area contributed by atoms with Crippen molar-refractivity contribution < 1.29 is 9.59 Å². The lowest BCUT2D eigenvalue weighted by Crippen LogP contribution is -2.28. The highest BCUT2D eigenvalue weighted by Crippen LogP contribution is 2.51. The first-order chi connectivity index (χ1) is 5.74. The fourth-order valence-electron chi connectivity index (χ4n) is 3.13. The summed E-state index contributed by atoms with van der Waals surface area (Å²) in [6.07, 6.45) is 4.46. The SMILES string of the molecule is CC(=O)[C@H]1[C@@H]2CC[C@@H](C2)[C@H]1C=O. The van der Waals surface area contributed by atoms with Crippen LogP contribution in [0.4, 0.5) is 0 Å². The van der Waals surface area contributed by atoms with Crippen LogP contribution in [0.25, 0.3) is 0 Å². The third-order valence-corrected chi connectivity index (χ3v) is 3.61. The number of carbonyl (C=O) groups is 2. The van der Waals surface area contributed by atoms with Gasteiger partial charge in [-0.2, -0.15) is 0 Å². The van der Waals surface area contributed by atoms with Gasteiger partial charge < -0.3 is 4.79 Å². The van der Waals surface area contributed by atoms with Crippen molar-refractivity contribution in [3.05, 3.63) is 0 Å². The fourth-order valence-corrected chi connectivity index (χ4v) is 3.13. The topological polar surface area (TPSA) is 34.1 Å². The molecule has 2 saturated carbocycles. The summed E-state index contributed by atoms with van der Waals surface area (Å²) in [7, 11) is 0. The number of hydrogen-bond acceptors (Lipinski definition) is 2. The van der Waals surface area contributed by atoms with Gasteiger partial charge in [-0.25, -0.2) is 0 Å². The summed E-state index contributed by atoms with van der Waals surface area (Å²) < 4.78 is 0. The van der Waals surface area contributed by atoms with E-state index in [4.69, 9.17) is 0 Å². The molecule has 2 nitrogen and oxygen atoms in total. The number of Topliss-reactive ketones (excluding diaryl/α,β-unsaturated/α-hetero) is 1. The van der Waals surface area contributed by atoms with Crippen LogP contribution in [0.15, 0.2) is 0 Å². The van der Waals surface area contributed by atoms with Crippen LogP contribution in [0.5, 0.6) is 0 Å². The van der Waals surface area contributed by atoms with Gasteiger partial charge in [-0.05, 0) is 38.0 Å². The van der Waals surface area contributed by atoms with E-state index in [1.165, 1.54) is 6.42 Å². The minimum absolute atomic E-state index is 0.0567. The highest BCUT2D eigenvalue weighted by molar-refractivity contribution is 5.82. The normalized spacial score (nSPS) is 44.8. The van der Waals surface area contributed by atoms with Crippen LogP contribution in [0.1, 0.15) is 26.2 Å². The maximum atomic E-state index is 11.2. The molecule has 0 N–H and O–H groups in total. The van der Waals surface area contributed by atoms with Crippen molar-refractivity contribution in [2.75, 3.05) is 0 Å². The first kappa shape index (κ1) is 7.96. The van der Waals surface area contributed by atoms with E-state index in [2.05, 4.69) is 0 Å². The standard InChI is InChI=1S/C10H14O2/c1-6(12)10-8-3-2-7(4-8)9(10)5-11/h5,7-10H,2-4H2,1H3/t7-,8+,9+,10-/m0/s1. The van der Waals surface area contributed by atoms with Gasteiger partial charge >= 0.3 is 0 Å². The summed E-state index contributed by atoms with van der Waals surface area (Å²) in [5.41, 5.74) is 0. The van der Waals surface area contributed by atoms with Gasteiger partial charge in [0, 0.05) is 11.8 Å². The van der Waals surface area contributed by atoms with Crippen molar-refractivity contribution in [2.24, 2.45) is 23.7 Å². The Morgan fingerprint density at radius 2 is 2.00 bits per heavy atom. The zero-order valence-corrected chi connectivity index (χ0v) is 7.32. The Hall–Kier alpha value is -0.660. The Bertz CT molecular complexity index is 222. The van der Waals surface area contributed by atoms with Gasteiger partial charge in [0.1, 0.15) is 12.1 Å². The lowest BCUT2D eigenvalue weighted by molar-refractivity contribution is -0.127. The second-order valence-corrected chi connectivity index (χ2v) is 4.18.